The highest BCUT2D eigenvalue weighted by Gasteiger charge is 2.50. The molecule has 208 valence electrons. The van der Waals surface area contributed by atoms with Crippen molar-refractivity contribution in [3.63, 3.8) is 0 Å². The van der Waals surface area contributed by atoms with Gasteiger partial charge < -0.3 is 14.6 Å². The van der Waals surface area contributed by atoms with Crippen molar-refractivity contribution >= 4 is 5.91 Å². The molecule has 5 rings (SSSR count). The molecule has 1 amide bonds. The minimum absolute atomic E-state index is 0.00605. The maximum absolute atomic E-state index is 15.1. The Bertz CT molecular complexity index is 1160. The zero-order valence-electron chi connectivity index (χ0n) is 22.4. The fourth-order valence-electron chi connectivity index (χ4n) is 6.18. The molecule has 1 saturated carbocycles. The van der Waals surface area contributed by atoms with E-state index in [9.17, 15) is 18.5 Å². The van der Waals surface area contributed by atoms with Crippen LogP contribution >= 0.6 is 0 Å². The van der Waals surface area contributed by atoms with Crippen LogP contribution < -0.4 is 15.6 Å². The Hall–Kier alpha value is -2.82. The Balaban J connectivity index is 1.35. The highest BCUT2D eigenvalue weighted by Crippen LogP contribution is 2.47. The number of nitrogens with one attached hydrogen (secondary N) is 2. The largest absolute Gasteiger partial charge is 0.435 e. The summed E-state index contributed by atoms with van der Waals surface area (Å²) in [6.45, 7) is 5.97. The van der Waals surface area contributed by atoms with Crippen molar-refractivity contribution in [2.24, 2.45) is 5.92 Å². The van der Waals surface area contributed by atoms with Gasteiger partial charge in [0.05, 0.1) is 16.9 Å². The van der Waals surface area contributed by atoms with Crippen molar-refractivity contribution in [3.05, 3.63) is 45.8 Å². The average molecular weight is 537 g/mol. The van der Waals surface area contributed by atoms with Crippen LogP contribution in [-0.2, 0) is 10.3 Å². The van der Waals surface area contributed by atoms with Crippen LogP contribution in [-0.4, -0.2) is 58.0 Å². The summed E-state index contributed by atoms with van der Waals surface area (Å²) in [5.74, 6) is -0.275. The van der Waals surface area contributed by atoms with Crippen LogP contribution in [0.3, 0.4) is 0 Å². The van der Waals surface area contributed by atoms with Gasteiger partial charge in [0.2, 0.25) is 11.9 Å². The minimum Gasteiger partial charge on any atom is -0.435 e. The van der Waals surface area contributed by atoms with Crippen LogP contribution in [0.15, 0.2) is 29.5 Å². The molecule has 0 bridgehead atoms. The molecular weight excluding hydrogens is 499 g/mol. The van der Waals surface area contributed by atoms with Gasteiger partial charge in [0.25, 0.3) is 0 Å². The Labute approximate surface area is 221 Å². The van der Waals surface area contributed by atoms with Gasteiger partial charge in [0.1, 0.15) is 22.0 Å². The number of rotatable bonds is 8. The van der Waals surface area contributed by atoms with E-state index in [1.165, 1.54) is 12.1 Å². The normalized spacial score (nSPS) is 29.3. The second-order valence-corrected chi connectivity index (χ2v) is 11.8. The van der Waals surface area contributed by atoms with Crippen molar-refractivity contribution in [1.29, 1.82) is 0 Å². The number of nitroso groups, excluding NO2 is 1. The molecule has 11 heteroatoms. The van der Waals surface area contributed by atoms with Crippen molar-refractivity contribution < 1.29 is 27.6 Å². The molecule has 1 aromatic carbocycles. The first-order valence-electron chi connectivity index (χ1n) is 13.5. The first-order chi connectivity index (χ1) is 17.9. The molecule has 4 aliphatic rings. The summed E-state index contributed by atoms with van der Waals surface area (Å²) in [6, 6.07) is 3.33. The molecule has 1 saturated heterocycles. The van der Waals surface area contributed by atoms with Gasteiger partial charge in [-0.25, -0.2) is 9.82 Å². The summed E-state index contributed by atoms with van der Waals surface area (Å²) < 4.78 is 45.3. The third kappa shape index (κ3) is 4.97. The Kier molecular flexibility index (Phi) is 6.86. The van der Waals surface area contributed by atoms with Gasteiger partial charge in [-0.15, -0.1) is 5.43 Å². The molecule has 3 atom stereocenters. The number of hydrogen-bond donors (Lipinski definition) is 2. The number of ether oxygens (including phenoxy) is 1. The van der Waals surface area contributed by atoms with E-state index >= 15 is 4.39 Å². The van der Waals surface area contributed by atoms with E-state index in [1.54, 1.807) is 0 Å². The van der Waals surface area contributed by atoms with E-state index in [4.69, 9.17) is 0 Å². The highest BCUT2D eigenvalue weighted by atomic mass is 19.3. The molecule has 2 heterocycles. The minimum atomic E-state index is -3.01. The number of amides is 1. The fraction of sp³-hybridized carbons (Fsp3) is 0.667. The molecule has 2 aliphatic carbocycles. The lowest BCUT2D eigenvalue weighted by atomic mass is 9.78. The predicted octanol–water partition coefficient (Wildman–Crippen LogP) is 4.36. The molecule has 2 N–H and O–H groups in total. The number of hydrogen-bond acceptors (Lipinski definition) is 5. The Morgan fingerprint density at radius 3 is 2.63 bits per heavy atom. The second-order valence-electron chi connectivity index (χ2n) is 11.8. The van der Waals surface area contributed by atoms with Crippen molar-refractivity contribution in [2.45, 2.75) is 96.0 Å². The zero-order valence-corrected chi connectivity index (χ0v) is 22.4. The van der Waals surface area contributed by atoms with Gasteiger partial charge in [0.15, 0.2) is 0 Å². The molecule has 1 aromatic rings. The third-order valence-electron chi connectivity index (χ3n) is 8.38. The first kappa shape index (κ1) is 26.8. The molecule has 0 spiro atoms. The van der Waals surface area contributed by atoms with Gasteiger partial charge >= 0.3 is 6.61 Å². The number of halogens is 3. The predicted molar refractivity (Wildman–Crippen MR) is 134 cm³/mol. The van der Waals surface area contributed by atoms with Gasteiger partial charge in [-0.1, -0.05) is 0 Å². The molecule has 0 radical (unpaired) electrons. The molecule has 0 aromatic heterocycles. The summed E-state index contributed by atoms with van der Waals surface area (Å²) in [7, 11) is 0. The molecule has 2 unspecified atom stereocenters. The van der Waals surface area contributed by atoms with E-state index in [0.29, 0.717) is 38.8 Å². The maximum atomic E-state index is 15.1. The summed E-state index contributed by atoms with van der Waals surface area (Å²) in [5.41, 5.74) is 7.19. The maximum Gasteiger partial charge on any atom is 0.387 e. The zero-order chi connectivity index (χ0) is 27.4. The van der Waals surface area contributed by atoms with Gasteiger partial charge in [-0.3, -0.25) is 4.79 Å². The monoisotopic (exact) mass is 536 g/mol. The van der Waals surface area contributed by atoms with Crippen LogP contribution in [0.2, 0.25) is 0 Å². The van der Waals surface area contributed by atoms with E-state index < -0.39 is 23.5 Å². The Morgan fingerprint density at radius 2 is 1.97 bits per heavy atom. The van der Waals surface area contributed by atoms with Crippen LogP contribution in [0.25, 0.3) is 0 Å². The van der Waals surface area contributed by atoms with Crippen molar-refractivity contribution in [3.8, 4) is 5.75 Å². The number of hydrazine groups is 2. The summed E-state index contributed by atoms with van der Waals surface area (Å²) in [4.78, 5) is 28.7. The van der Waals surface area contributed by atoms with Gasteiger partial charge in [0, 0.05) is 42.7 Å². The number of carbonyl (C=O) groups excluding carboxylic acids is 1. The average Bonchev–Trinajstić information content (AvgIpc) is 3.57. The van der Waals surface area contributed by atoms with E-state index in [2.05, 4.69) is 15.6 Å². The first-order valence-corrected chi connectivity index (χ1v) is 13.5. The molecule has 2 fully saturated rings. The lowest BCUT2D eigenvalue weighted by Gasteiger charge is -2.33. The van der Waals surface area contributed by atoms with Crippen LogP contribution in [0.4, 0.5) is 13.2 Å². The van der Waals surface area contributed by atoms with Gasteiger partial charge in [-0.05, 0) is 77.2 Å². The standard InChI is InChI=1S/C27H37F3N5O3/c1-16(2)34-23-13-18(35(37)31-26(3)11-12-33(15-26)24(36)17-5-6-17)7-9-20(23)27(4,32-34)21-14-19(38-25(29)30)8-10-22(21)28/h8,10,14,16-18,25,32H,5-7,9,11-13,15H2,1-4H3,(H,31,37)/q+1/t18-,26?,27?/m1/s1. The summed E-state index contributed by atoms with van der Waals surface area (Å²) in [6.07, 6.45) is 4.16. The number of benzene rings is 1. The number of carbonyl (C=O) groups is 1. The third-order valence-corrected chi connectivity index (χ3v) is 8.38. The molecule has 8 nitrogen and oxygen atoms in total. The van der Waals surface area contributed by atoms with Crippen molar-refractivity contribution in [2.75, 3.05) is 13.1 Å². The SMILES string of the molecule is CC(C)N1NC(C)(c2cc(OC(F)F)ccc2F)C2=C1C[C@H]([N+](=O)NC1(C)CCN(C(=O)C3CC3)C1)CC2. The van der Waals surface area contributed by atoms with Gasteiger partial charge in [-0.2, -0.15) is 8.78 Å². The molecule has 2 aliphatic heterocycles. The summed E-state index contributed by atoms with van der Waals surface area (Å²) in [5, 5.41) is 1.96. The molecular formula is C27H37F3N5O3+. The number of nitrogens with zero attached hydrogens (tertiary/aromatic N) is 3. The topological polar surface area (TPSA) is 76.9 Å². The van der Waals surface area contributed by atoms with E-state index in [0.717, 1.165) is 35.0 Å². The summed E-state index contributed by atoms with van der Waals surface area (Å²) >= 11 is 0. The second kappa shape index (κ2) is 9.73. The lowest BCUT2D eigenvalue weighted by molar-refractivity contribution is -0.652. The number of alkyl halides is 2. The van der Waals surface area contributed by atoms with Crippen LogP contribution in [0.1, 0.15) is 71.8 Å². The Morgan fingerprint density at radius 1 is 1.24 bits per heavy atom. The lowest BCUT2D eigenvalue weighted by Crippen LogP contribution is -2.53. The van der Waals surface area contributed by atoms with E-state index in [1.807, 2.05) is 37.6 Å². The van der Waals surface area contributed by atoms with E-state index in [-0.39, 0.29) is 35.2 Å². The smallest absolute Gasteiger partial charge is 0.387 e. The highest BCUT2D eigenvalue weighted by molar-refractivity contribution is 5.81. The number of likely N-dealkylation sites (tertiary alicyclic amines) is 1. The quantitative estimate of drug-likeness (QED) is 0.380. The van der Waals surface area contributed by atoms with Crippen LogP contribution in [0, 0.1) is 16.6 Å². The fourth-order valence-corrected chi connectivity index (χ4v) is 6.18. The van der Waals surface area contributed by atoms with Crippen molar-refractivity contribution in [1.82, 2.24) is 20.8 Å². The molecule has 38 heavy (non-hydrogen) atoms. The van der Waals surface area contributed by atoms with Crippen LogP contribution in [0.5, 0.6) is 5.75 Å².